The molecule has 0 aliphatic carbocycles. The molecular weight excluding hydrogens is 508 g/mol. The Labute approximate surface area is 237 Å². The average molecular weight is 535 g/mol. The SMILES string of the molecule is Cc1c(O)c(-c2c3ccccc3c(-c3cccc4ccccc34)c3ccccc23)c(O)c(O)c1Oc1ccccc1. The van der Waals surface area contributed by atoms with Crippen LogP contribution in [0.1, 0.15) is 5.56 Å². The third-order valence-electron chi connectivity index (χ3n) is 7.81. The molecular formula is C37H26O4. The molecule has 0 aliphatic rings. The Morgan fingerprint density at radius 1 is 0.439 bits per heavy atom. The van der Waals surface area contributed by atoms with Crippen molar-refractivity contribution in [2.75, 3.05) is 0 Å². The van der Waals surface area contributed by atoms with E-state index in [0.29, 0.717) is 16.9 Å². The topological polar surface area (TPSA) is 69.9 Å². The molecule has 0 atom stereocenters. The van der Waals surface area contributed by atoms with Crippen LogP contribution in [0, 0.1) is 6.92 Å². The molecule has 0 bridgehead atoms. The summed E-state index contributed by atoms with van der Waals surface area (Å²) in [6.07, 6.45) is 0. The van der Waals surface area contributed by atoms with E-state index in [9.17, 15) is 15.3 Å². The monoisotopic (exact) mass is 534 g/mol. The highest BCUT2D eigenvalue weighted by atomic mass is 16.5. The zero-order chi connectivity index (χ0) is 28.1. The van der Waals surface area contributed by atoms with Crippen molar-refractivity contribution in [3.05, 3.63) is 127 Å². The summed E-state index contributed by atoms with van der Waals surface area (Å²) in [6.45, 7) is 1.67. The Hall–Kier alpha value is -5.48. The van der Waals surface area contributed by atoms with Crippen LogP contribution in [0.3, 0.4) is 0 Å². The molecule has 0 heterocycles. The third kappa shape index (κ3) is 3.84. The van der Waals surface area contributed by atoms with E-state index in [1.54, 1.807) is 19.1 Å². The highest BCUT2D eigenvalue weighted by Crippen LogP contribution is 2.56. The molecule has 4 nitrogen and oxygen atoms in total. The van der Waals surface area contributed by atoms with Gasteiger partial charge in [0.2, 0.25) is 5.75 Å². The van der Waals surface area contributed by atoms with Gasteiger partial charge in [0, 0.05) is 11.1 Å². The Bertz CT molecular complexity index is 2020. The quantitative estimate of drug-likeness (QED) is 0.119. The first-order valence-corrected chi connectivity index (χ1v) is 13.5. The molecule has 0 unspecified atom stereocenters. The van der Waals surface area contributed by atoms with Crippen LogP contribution in [0.4, 0.5) is 0 Å². The number of phenols is 3. The van der Waals surface area contributed by atoms with E-state index in [0.717, 1.165) is 43.4 Å². The molecule has 3 N–H and O–H groups in total. The van der Waals surface area contributed by atoms with Gasteiger partial charge in [-0.05, 0) is 62.5 Å². The lowest BCUT2D eigenvalue weighted by Gasteiger charge is -2.22. The summed E-state index contributed by atoms with van der Waals surface area (Å²) in [5.74, 6) is -0.527. The average Bonchev–Trinajstić information content (AvgIpc) is 3.02. The third-order valence-corrected chi connectivity index (χ3v) is 7.81. The molecule has 0 amide bonds. The Morgan fingerprint density at radius 2 is 0.951 bits per heavy atom. The fourth-order valence-electron chi connectivity index (χ4n) is 5.91. The van der Waals surface area contributed by atoms with Gasteiger partial charge in [-0.1, -0.05) is 109 Å². The van der Waals surface area contributed by atoms with E-state index in [1.807, 2.05) is 66.7 Å². The van der Waals surface area contributed by atoms with Gasteiger partial charge < -0.3 is 20.1 Å². The number of hydrogen-bond donors (Lipinski definition) is 3. The molecule has 0 fully saturated rings. The van der Waals surface area contributed by atoms with Crippen molar-refractivity contribution >= 4 is 32.3 Å². The van der Waals surface area contributed by atoms with E-state index >= 15 is 0 Å². The normalized spacial score (nSPS) is 11.3. The van der Waals surface area contributed by atoms with Crippen LogP contribution in [-0.2, 0) is 0 Å². The molecule has 41 heavy (non-hydrogen) atoms. The first kappa shape index (κ1) is 24.6. The summed E-state index contributed by atoms with van der Waals surface area (Å²) in [6, 6.07) is 39.6. The van der Waals surface area contributed by atoms with E-state index in [-0.39, 0.29) is 17.1 Å². The van der Waals surface area contributed by atoms with E-state index in [1.165, 1.54) is 0 Å². The Kier molecular flexibility index (Phi) is 5.76. The highest BCUT2D eigenvalue weighted by molar-refractivity contribution is 6.24. The van der Waals surface area contributed by atoms with Gasteiger partial charge in [0.05, 0.1) is 5.56 Å². The zero-order valence-corrected chi connectivity index (χ0v) is 22.3. The fraction of sp³-hybridized carbons (Fsp3) is 0.0270. The molecule has 0 radical (unpaired) electrons. The van der Waals surface area contributed by atoms with E-state index in [4.69, 9.17) is 4.74 Å². The second-order valence-electron chi connectivity index (χ2n) is 10.2. The van der Waals surface area contributed by atoms with E-state index < -0.39 is 11.5 Å². The molecule has 0 aromatic heterocycles. The smallest absolute Gasteiger partial charge is 0.202 e. The van der Waals surface area contributed by atoms with Gasteiger partial charge in [0.15, 0.2) is 11.5 Å². The van der Waals surface area contributed by atoms with Crippen LogP contribution in [0.5, 0.6) is 28.7 Å². The molecule has 0 saturated heterocycles. The van der Waals surface area contributed by atoms with Gasteiger partial charge in [-0.25, -0.2) is 0 Å². The number of phenolic OH excluding ortho intramolecular Hbond substituents is 3. The van der Waals surface area contributed by atoms with Crippen molar-refractivity contribution in [2.24, 2.45) is 0 Å². The van der Waals surface area contributed by atoms with Crippen LogP contribution < -0.4 is 4.74 Å². The van der Waals surface area contributed by atoms with Gasteiger partial charge >= 0.3 is 0 Å². The maximum absolute atomic E-state index is 11.6. The number of rotatable bonds is 4. The van der Waals surface area contributed by atoms with Crippen LogP contribution >= 0.6 is 0 Å². The molecule has 0 saturated carbocycles. The summed E-state index contributed by atoms with van der Waals surface area (Å²) in [5.41, 5.74) is 3.30. The second-order valence-corrected chi connectivity index (χ2v) is 10.2. The summed E-state index contributed by atoms with van der Waals surface area (Å²) in [4.78, 5) is 0. The van der Waals surface area contributed by atoms with Crippen LogP contribution in [0.15, 0.2) is 121 Å². The van der Waals surface area contributed by atoms with Gasteiger partial charge in [0.25, 0.3) is 0 Å². The lowest BCUT2D eigenvalue weighted by Crippen LogP contribution is -1.95. The Balaban J connectivity index is 1.58. The van der Waals surface area contributed by atoms with Crippen LogP contribution in [0.25, 0.3) is 54.6 Å². The number of hydrogen-bond acceptors (Lipinski definition) is 4. The maximum atomic E-state index is 11.6. The van der Waals surface area contributed by atoms with E-state index in [2.05, 4.69) is 42.5 Å². The summed E-state index contributed by atoms with van der Waals surface area (Å²) >= 11 is 0. The minimum atomic E-state index is -0.438. The van der Waals surface area contributed by atoms with Crippen molar-refractivity contribution in [1.82, 2.24) is 0 Å². The number of aromatic hydroxyl groups is 3. The number of para-hydroxylation sites is 1. The molecule has 0 aliphatic heterocycles. The zero-order valence-electron chi connectivity index (χ0n) is 22.3. The molecule has 4 heteroatoms. The Morgan fingerprint density at radius 3 is 1.59 bits per heavy atom. The standard InChI is InChI=1S/C37H26O4/c1-22-34(38)33(35(39)36(40)37(22)41-24-14-3-2-4-15-24)32-29-19-9-7-17-27(29)31(28-18-8-10-20-30(28)32)26-21-11-13-23-12-5-6-16-25(23)26/h2-21,38-40H,1H3. The first-order chi connectivity index (χ1) is 20.0. The van der Waals surface area contributed by atoms with Crippen molar-refractivity contribution < 1.29 is 20.1 Å². The fourth-order valence-corrected chi connectivity index (χ4v) is 5.91. The maximum Gasteiger partial charge on any atom is 0.202 e. The minimum absolute atomic E-state index is 0.0101. The van der Waals surface area contributed by atoms with Crippen LogP contribution in [0.2, 0.25) is 0 Å². The first-order valence-electron chi connectivity index (χ1n) is 13.5. The molecule has 7 aromatic rings. The van der Waals surface area contributed by atoms with Crippen molar-refractivity contribution in [3.8, 4) is 51.0 Å². The molecule has 7 aromatic carbocycles. The molecule has 0 spiro atoms. The second kappa shape index (κ2) is 9.61. The predicted octanol–water partition coefficient (Wildman–Crippen LogP) is 9.70. The summed E-state index contributed by atoms with van der Waals surface area (Å²) in [7, 11) is 0. The summed E-state index contributed by atoms with van der Waals surface area (Å²) < 4.78 is 5.92. The number of ether oxygens (including phenoxy) is 1. The van der Waals surface area contributed by atoms with Crippen molar-refractivity contribution in [2.45, 2.75) is 6.92 Å². The minimum Gasteiger partial charge on any atom is -0.507 e. The van der Waals surface area contributed by atoms with Gasteiger partial charge in [-0.3, -0.25) is 0 Å². The lowest BCUT2D eigenvalue weighted by atomic mass is 9.84. The largest absolute Gasteiger partial charge is 0.507 e. The summed E-state index contributed by atoms with van der Waals surface area (Å²) in [5, 5.41) is 40.2. The van der Waals surface area contributed by atoms with Crippen LogP contribution in [-0.4, -0.2) is 15.3 Å². The predicted molar refractivity (Wildman–Crippen MR) is 166 cm³/mol. The van der Waals surface area contributed by atoms with Gasteiger partial charge in [-0.15, -0.1) is 0 Å². The highest BCUT2D eigenvalue weighted by Gasteiger charge is 2.27. The van der Waals surface area contributed by atoms with Gasteiger partial charge in [0.1, 0.15) is 11.5 Å². The number of benzene rings is 7. The molecule has 7 rings (SSSR count). The number of fused-ring (bicyclic) bond motifs is 3. The lowest BCUT2D eigenvalue weighted by molar-refractivity contribution is 0.365. The van der Waals surface area contributed by atoms with Gasteiger partial charge in [-0.2, -0.15) is 0 Å². The van der Waals surface area contributed by atoms with Crippen molar-refractivity contribution in [1.29, 1.82) is 0 Å². The van der Waals surface area contributed by atoms with Crippen molar-refractivity contribution in [3.63, 3.8) is 0 Å². The molecule has 198 valence electrons.